The smallest absolute Gasteiger partial charge is 0.293 e. The Labute approximate surface area is 151 Å². The van der Waals surface area contributed by atoms with Crippen LogP contribution in [-0.4, -0.2) is 35.4 Å². The first-order valence-corrected chi connectivity index (χ1v) is 9.25. The van der Waals surface area contributed by atoms with Gasteiger partial charge in [0, 0.05) is 6.04 Å². The van der Waals surface area contributed by atoms with Gasteiger partial charge >= 0.3 is 0 Å². The molecule has 0 atom stereocenters. The van der Waals surface area contributed by atoms with E-state index in [0.717, 1.165) is 12.1 Å². The Hall–Kier alpha value is -2.53. The molecule has 1 aromatic heterocycles. The molecule has 0 unspecified atom stereocenters. The molecule has 1 heterocycles. The Morgan fingerprint density at radius 3 is 2.50 bits per heavy atom. The van der Waals surface area contributed by atoms with Gasteiger partial charge in [-0.05, 0) is 39.8 Å². The molecule has 0 saturated carbocycles. The fraction of sp³-hybridized carbons (Fsp3) is 0.467. The molecule has 0 aliphatic rings. The van der Waals surface area contributed by atoms with Gasteiger partial charge < -0.3 is 4.74 Å². The van der Waals surface area contributed by atoms with Crippen LogP contribution in [0, 0.1) is 10.1 Å². The standard InChI is InChI=1S/C15H21N5O5S/c1-10(2)19-9-14(16-18-19)15(3,4)17-26(23,24)13-7-6-11(25-5)8-12(13)20(21)22/h6-10,17H,1-5H3. The van der Waals surface area contributed by atoms with Crippen LogP contribution in [-0.2, 0) is 15.6 Å². The summed E-state index contributed by atoms with van der Waals surface area (Å²) in [6, 6.07) is 3.62. The van der Waals surface area contributed by atoms with E-state index in [2.05, 4.69) is 15.0 Å². The number of sulfonamides is 1. The van der Waals surface area contributed by atoms with E-state index in [1.54, 1.807) is 24.7 Å². The molecule has 0 bridgehead atoms. The highest BCUT2D eigenvalue weighted by Gasteiger charge is 2.34. The molecule has 0 radical (unpaired) electrons. The third-order valence-electron chi connectivity index (χ3n) is 3.72. The number of nitro benzene ring substituents is 1. The second-order valence-corrected chi connectivity index (χ2v) is 8.15. The molecule has 0 saturated heterocycles. The number of nitrogens with one attached hydrogen (secondary N) is 1. The molecule has 1 N–H and O–H groups in total. The molecular formula is C15H21N5O5S. The number of methoxy groups -OCH3 is 1. The van der Waals surface area contributed by atoms with Gasteiger partial charge in [-0.2, -0.15) is 4.72 Å². The number of nitrogens with zero attached hydrogens (tertiary/aromatic N) is 4. The first kappa shape index (κ1) is 19.8. The zero-order valence-electron chi connectivity index (χ0n) is 15.1. The van der Waals surface area contributed by atoms with Crippen LogP contribution in [0.15, 0.2) is 29.3 Å². The summed E-state index contributed by atoms with van der Waals surface area (Å²) in [5.41, 5.74) is -1.30. The van der Waals surface area contributed by atoms with Crippen molar-refractivity contribution in [3.05, 3.63) is 40.2 Å². The first-order chi connectivity index (χ1) is 12.0. The summed E-state index contributed by atoms with van der Waals surface area (Å²) in [4.78, 5) is 10.1. The Morgan fingerprint density at radius 2 is 2.00 bits per heavy atom. The highest BCUT2D eigenvalue weighted by molar-refractivity contribution is 7.89. The molecule has 0 spiro atoms. The molecule has 0 fully saturated rings. The van der Waals surface area contributed by atoms with Crippen molar-refractivity contribution in [2.24, 2.45) is 0 Å². The average Bonchev–Trinajstić information content (AvgIpc) is 3.04. The van der Waals surface area contributed by atoms with Crippen LogP contribution in [0.4, 0.5) is 5.69 Å². The second-order valence-electron chi connectivity index (χ2n) is 6.50. The number of nitro groups is 1. The summed E-state index contributed by atoms with van der Waals surface area (Å²) in [7, 11) is -2.86. The summed E-state index contributed by atoms with van der Waals surface area (Å²) >= 11 is 0. The van der Waals surface area contributed by atoms with Crippen LogP contribution in [0.2, 0.25) is 0 Å². The van der Waals surface area contributed by atoms with Gasteiger partial charge in [0.2, 0.25) is 10.0 Å². The van der Waals surface area contributed by atoms with Gasteiger partial charge in [0.1, 0.15) is 11.4 Å². The van der Waals surface area contributed by atoms with Crippen molar-refractivity contribution in [3.63, 3.8) is 0 Å². The van der Waals surface area contributed by atoms with Crippen LogP contribution in [0.25, 0.3) is 0 Å². The molecule has 142 valence electrons. The fourth-order valence-corrected chi connectivity index (χ4v) is 3.80. The molecule has 1 aromatic carbocycles. The summed E-state index contributed by atoms with van der Waals surface area (Å²) < 4.78 is 34.5. The van der Waals surface area contributed by atoms with Crippen LogP contribution < -0.4 is 9.46 Å². The van der Waals surface area contributed by atoms with E-state index in [0.29, 0.717) is 5.69 Å². The quantitative estimate of drug-likeness (QED) is 0.571. The van der Waals surface area contributed by atoms with Crippen molar-refractivity contribution >= 4 is 15.7 Å². The van der Waals surface area contributed by atoms with Crippen molar-refractivity contribution in [1.29, 1.82) is 0 Å². The monoisotopic (exact) mass is 383 g/mol. The maximum atomic E-state index is 12.8. The third-order valence-corrected chi connectivity index (χ3v) is 5.42. The molecule has 2 rings (SSSR count). The van der Waals surface area contributed by atoms with E-state index < -0.39 is 31.1 Å². The first-order valence-electron chi connectivity index (χ1n) is 7.76. The lowest BCUT2D eigenvalue weighted by Gasteiger charge is -2.23. The lowest BCUT2D eigenvalue weighted by Crippen LogP contribution is -2.41. The van der Waals surface area contributed by atoms with Crippen LogP contribution in [0.1, 0.15) is 39.4 Å². The Balaban J connectivity index is 2.42. The number of hydrogen-bond acceptors (Lipinski definition) is 7. The summed E-state index contributed by atoms with van der Waals surface area (Å²) in [5, 5.41) is 19.2. The Bertz CT molecular complexity index is 920. The van der Waals surface area contributed by atoms with Gasteiger partial charge in [-0.1, -0.05) is 5.21 Å². The van der Waals surface area contributed by atoms with Gasteiger partial charge in [-0.25, -0.2) is 13.1 Å². The van der Waals surface area contributed by atoms with Crippen LogP contribution in [0.3, 0.4) is 0 Å². The molecule has 2 aromatic rings. The normalized spacial score (nSPS) is 12.4. The van der Waals surface area contributed by atoms with E-state index in [4.69, 9.17) is 4.74 Å². The van der Waals surface area contributed by atoms with Crippen LogP contribution >= 0.6 is 0 Å². The maximum Gasteiger partial charge on any atom is 0.293 e. The van der Waals surface area contributed by atoms with Gasteiger partial charge in [0.15, 0.2) is 4.90 Å². The number of aromatic nitrogens is 3. The highest BCUT2D eigenvalue weighted by Crippen LogP contribution is 2.30. The number of ether oxygens (including phenoxy) is 1. The van der Waals surface area contributed by atoms with Gasteiger partial charge in [-0.3, -0.25) is 10.1 Å². The zero-order valence-corrected chi connectivity index (χ0v) is 15.9. The van der Waals surface area contributed by atoms with Gasteiger partial charge in [-0.15, -0.1) is 5.10 Å². The minimum Gasteiger partial charge on any atom is -0.497 e. The lowest BCUT2D eigenvalue weighted by atomic mass is 10.0. The van der Waals surface area contributed by atoms with E-state index >= 15 is 0 Å². The predicted octanol–water partition coefficient (Wildman–Crippen LogP) is 1.99. The predicted molar refractivity (Wildman–Crippen MR) is 93.4 cm³/mol. The van der Waals surface area contributed by atoms with E-state index in [1.165, 1.54) is 13.2 Å². The van der Waals surface area contributed by atoms with Crippen LogP contribution in [0.5, 0.6) is 5.75 Å². The van der Waals surface area contributed by atoms with E-state index in [-0.39, 0.29) is 11.8 Å². The topological polar surface area (TPSA) is 129 Å². The zero-order chi connectivity index (χ0) is 19.7. The highest BCUT2D eigenvalue weighted by atomic mass is 32.2. The average molecular weight is 383 g/mol. The van der Waals surface area contributed by atoms with Crippen molar-refractivity contribution < 1.29 is 18.1 Å². The van der Waals surface area contributed by atoms with Gasteiger partial charge in [0.25, 0.3) is 5.69 Å². The summed E-state index contributed by atoms with van der Waals surface area (Å²) in [6.45, 7) is 7.04. The number of benzene rings is 1. The number of hydrogen-bond donors (Lipinski definition) is 1. The fourth-order valence-electron chi connectivity index (χ4n) is 2.25. The second kappa shape index (κ2) is 7.00. The Kier molecular flexibility index (Phi) is 5.33. The minimum absolute atomic E-state index is 0.0614. The molecule has 10 nitrogen and oxygen atoms in total. The van der Waals surface area contributed by atoms with Crippen molar-refractivity contribution in [3.8, 4) is 5.75 Å². The molecule has 0 aliphatic heterocycles. The largest absolute Gasteiger partial charge is 0.497 e. The SMILES string of the molecule is COc1ccc(S(=O)(=O)NC(C)(C)c2cn(C(C)C)nn2)c([N+](=O)[O-])c1. The number of rotatable bonds is 7. The maximum absolute atomic E-state index is 12.8. The minimum atomic E-state index is -4.20. The van der Waals surface area contributed by atoms with E-state index in [1.807, 2.05) is 13.8 Å². The summed E-state index contributed by atoms with van der Waals surface area (Å²) in [6.07, 6.45) is 1.63. The summed E-state index contributed by atoms with van der Waals surface area (Å²) in [5.74, 6) is 0.190. The molecule has 26 heavy (non-hydrogen) atoms. The molecular weight excluding hydrogens is 362 g/mol. The van der Waals surface area contributed by atoms with Crippen molar-refractivity contribution in [2.75, 3.05) is 7.11 Å². The third kappa shape index (κ3) is 3.99. The lowest BCUT2D eigenvalue weighted by molar-refractivity contribution is -0.387. The van der Waals surface area contributed by atoms with Crippen molar-refractivity contribution in [2.45, 2.75) is 44.2 Å². The van der Waals surface area contributed by atoms with Crippen molar-refractivity contribution in [1.82, 2.24) is 19.7 Å². The van der Waals surface area contributed by atoms with Gasteiger partial charge in [0.05, 0.1) is 29.8 Å². The Morgan fingerprint density at radius 1 is 1.35 bits per heavy atom. The molecule has 11 heteroatoms. The van der Waals surface area contributed by atoms with E-state index in [9.17, 15) is 18.5 Å². The molecule has 0 amide bonds. The molecule has 0 aliphatic carbocycles.